The zero-order chi connectivity index (χ0) is 13.0. The average molecular weight is 250 g/mol. The number of nitrogens with one attached hydrogen (secondary N) is 2. The fourth-order valence-electron chi connectivity index (χ4n) is 2.77. The van der Waals surface area contributed by atoms with Crippen LogP contribution in [0.15, 0.2) is 12.3 Å². The van der Waals surface area contributed by atoms with Crippen LogP contribution in [0.1, 0.15) is 45.3 Å². The zero-order valence-electron chi connectivity index (χ0n) is 11.8. The van der Waals surface area contributed by atoms with Gasteiger partial charge in [-0.1, -0.05) is 13.8 Å². The molecule has 1 aliphatic rings. The van der Waals surface area contributed by atoms with Gasteiger partial charge in [-0.25, -0.2) is 0 Å². The van der Waals surface area contributed by atoms with Crippen LogP contribution in [0.3, 0.4) is 0 Å². The van der Waals surface area contributed by atoms with Gasteiger partial charge in [0.05, 0.1) is 5.69 Å². The van der Waals surface area contributed by atoms with E-state index in [2.05, 4.69) is 41.2 Å². The summed E-state index contributed by atoms with van der Waals surface area (Å²) < 4.78 is 0. The van der Waals surface area contributed by atoms with Crippen molar-refractivity contribution in [2.75, 3.05) is 19.6 Å². The fourth-order valence-corrected chi connectivity index (χ4v) is 2.77. The van der Waals surface area contributed by atoms with Crippen molar-refractivity contribution < 1.29 is 0 Å². The maximum atomic E-state index is 4.01. The Morgan fingerprint density at radius 1 is 1.33 bits per heavy atom. The van der Waals surface area contributed by atoms with E-state index in [9.17, 15) is 0 Å². The Hall–Kier alpha value is -0.870. The van der Waals surface area contributed by atoms with Gasteiger partial charge in [-0.05, 0) is 44.8 Å². The topological polar surface area (TPSA) is 44.0 Å². The summed E-state index contributed by atoms with van der Waals surface area (Å²) in [5.41, 5.74) is 1.17. The standard InChI is InChI=1S/C14H26N4/c1-11(2)14(18-8-4-5-9-18)10-15-12(3)13-6-7-16-17-13/h6-7,11-12,14-15H,4-5,8-10H2,1-3H3,(H,16,17). The van der Waals surface area contributed by atoms with E-state index in [1.807, 2.05) is 12.3 Å². The third-order valence-corrected chi connectivity index (χ3v) is 4.00. The van der Waals surface area contributed by atoms with E-state index in [1.165, 1.54) is 31.6 Å². The Morgan fingerprint density at radius 3 is 2.61 bits per heavy atom. The van der Waals surface area contributed by atoms with Gasteiger partial charge >= 0.3 is 0 Å². The molecule has 0 aromatic carbocycles. The summed E-state index contributed by atoms with van der Waals surface area (Å²) in [6.07, 6.45) is 4.53. The molecule has 2 heterocycles. The van der Waals surface area contributed by atoms with E-state index < -0.39 is 0 Å². The molecule has 1 aromatic rings. The zero-order valence-corrected chi connectivity index (χ0v) is 11.8. The van der Waals surface area contributed by atoms with E-state index in [0.717, 1.165) is 6.54 Å². The van der Waals surface area contributed by atoms with Crippen molar-refractivity contribution in [3.05, 3.63) is 18.0 Å². The number of nitrogens with zero attached hydrogens (tertiary/aromatic N) is 2. The quantitative estimate of drug-likeness (QED) is 0.813. The summed E-state index contributed by atoms with van der Waals surface area (Å²) in [6, 6.07) is 3.03. The predicted molar refractivity (Wildman–Crippen MR) is 74.4 cm³/mol. The highest BCUT2D eigenvalue weighted by atomic mass is 15.2. The monoisotopic (exact) mass is 250 g/mol. The molecule has 1 saturated heterocycles. The molecule has 4 nitrogen and oxygen atoms in total. The minimum Gasteiger partial charge on any atom is -0.307 e. The van der Waals surface area contributed by atoms with Gasteiger partial charge in [0.1, 0.15) is 0 Å². The second-order valence-corrected chi connectivity index (χ2v) is 5.70. The fraction of sp³-hybridized carbons (Fsp3) is 0.786. The average Bonchev–Trinajstić information content (AvgIpc) is 3.01. The van der Waals surface area contributed by atoms with Crippen LogP contribution in [0, 0.1) is 5.92 Å². The van der Waals surface area contributed by atoms with E-state index in [1.54, 1.807) is 0 Å². The molecule has 2 unspecified atom stereocenters. The van der Waals surface area contributed by atoms with Crippen LogP contribution in [0.2, 0.25) is 0 Å². The number of likely N-dealkylation sites (tertiary alicyclic amines) is 1. The Kier molecular flexibility index (Phi) is 4.78. The predicted octanol–water partition coefficient (Wildman–Crippen LogP) is 2.18. The normalized spacial score (nSPS) is 20.4. The largest absolute Gasteiger partial charge is 0.307 e. The van der Waals surface area contributed by atoms with Crippen molar-refractivity contribution in [3.8, 4) is 0 Å². The number of H-pyrrole nitrogens is 1. The highest BCUT2D eigenvalue weighted by Gasteiger charge is 2.24. The molecule has 18 heavy (non-hydrogen) atoms. The molecule has 1 aromatic heterocycles. The maximum Gasteiger partial charge on any atom is 0.0518 e. The third kappa shape index (κ3) is 3.33. The van der Waals surface area contributed by atoms with E-state index in [-0.39, 0.29) is 0 Å². The summed E-state index contributed by atoms with van der Waals surface area (Å²) >= 11 is 0. The molecule has 102 valence electrons. The summed E-state index contributed by atoms with van der Waals surface area (Å²) in [7, 11) is 0. The molecule has 4 heteroatoms. The minimum absolute atomic E-state index is 0.344. The Labute approximate surface area is 110 Å². The van der Waals surface area contributed by atoms with Crippen molar-refractivity contribution in [2.24, 2.45) is 5.92 Å². The van der Waals surface area contributed by atoms with Gasteiger partial charge in [-0.15, -0.1) is 0 Å². The van der Waals surface area contributed by atoms with Gasteiger partial charge in [-0.2, -0.15) is 5.10 Å². The van der Waals surface area contributed by atoms with E-state index in [0.29, 0.717) is 18.0 Å². The summed E-state index contributed by atoms with van der Waals surface area (Å²) in [5, 5.41) is 10.7. The first-order valence-electron chi connectivity index (χ1n) is 7.15. The SMILES string of the molecule is CC(NCC(C(C)C)N1CCCC1)c1ccn[nH]1. The molecular weight excluding hydrogens is 224 g/mol. The summed E-state index contributed by atoms with van der Waals surface area (Å²) in [5.74, 6) is 0.699. The number of aromatic amines is 1. The molecule has 1 aliphatic heterocycles. The number of aromatic nitrogens is 2. The first kappa shape index (κ1) is 13.6. The van der Waals surface area contributed by atoms with Crippen LogP contribution in [0.5, 0.6) is 0 Å². The summed E-state index contributed by atoms with van der Waals surface area (Å²) in [6.45, 7) is 10.4. The number of rotatable bonds is 6. The molecule has 2 atom stereocenters. The smallest absolute Gasteiger partial charge is 0.0518 e. The van der Waals surface area contributed by atoms with Crippen molar-refractivity contribution in [1.29, 1.82) is 0 Å². The van der Waals surface area contributed by atoms with Gasteiger partial charge in [0.15, 0.2) is 0 Å². The van der Waals surface area contributed by atoms with Gasteiger partial charge in [0.2, 0.25) is 0 Å². The lowest BCUT2D eigenvalue weighted by molar-refractivity contribution is 0.182. The molecule has 0 amide bonds. The highest BCUT2D eigenvalue weighted by Crippen LogP contribution is 2.18. The molecule has 0 radical (unpaired) electrons. The third-order valence-electron chi connectivity index (χ3n) is 4.00. The minimum atomic E-state index is 0.344. The van der Waals surface area contributed by atoms with Crippen molar-refractivity contribution >= 4 is 0 Å². The Balaban J connectivity index is 1.85. The molecule has 1 fully saturated rings. The maximum absolute atomic E-state index is 4.01. The second-order valence-electron chi connectivity index (χ2n) is 5.70. The highest BCUT2D eigenvalue weighted by molar-refractivity contribution is 5.03. The first-order chi connectivity index (χ1) is 8.68. The lowest BCUT2D eigenvalue weighted by Gasteiger charge is -2.32. The first-order valence-corrected chi connectivity index (χ1v) is 7.15. The molecule has 0 aliphatic carbocycles. The van der Waals surface area contributed by atoms with Crippen molar-refractivity contribution in [3.63, 3.8) is 0 Å². The Bertz CT molecular complexity index is 328. The number of hydrogen-bond acceptors (Lipinski definition) is 3. The number of hydrogen-bond donors (Lipinski definition) is 2. The molecule has 2 N–H and O–H groups in total. The lowest BCUT2D eigenvalue weighted by atomic mass is 10.0. The van der Waals surface area contributed by atoms with Crippen LogP contribution in [0.25, 0.3) is 0 Å². The summed E-state index contributed by atoms with van der Waals surface area (Å²) in [4.78, 5) is 2.64. The van der Waals surface area contributed by atoms with E-state index in [4.69, 9.17) is 0 Å². The van der Waals surface area contributed by atoms with Gasteiger partial charge in [-0.3, -0.25) is 10.00 Å². The molecular formula is C14H26N4. The van der Waals surface area contributed by atoms with Gasteiger partial charge < -0.3 is 5.32 Å². The van der Waals surface area contributed by atoms with E-state index >= 15 is 0 Å². The molecule has 0 spiro atoms. The van der Waals surface area contributed by atoms with Crippen LogP contribution < -0.4 is 5.32 Å². The van der Waals surface area contributed by atoms with Crippen molar-refractivity contribution in [1.82, 2.24) is 20.4 Å². The lowest BCUT2D eigenvalue weighted by Crippen LogP contribution is -2.44. The molecule has 2 rings (SSSR count). The van der Waals surface area contributed by atoms with Crippen LogP contribution >= 0.6 is 0 Å². The van der Waals surface area contributed by atoms with Crippen LogP contribution in [-0.2, 0) is 0 Å². The molecule has 0 bridgehead atoms. The second kappa shape index (κ2) is 6.34. The molecule has 0 saturated carbocycles. The van der Waals surface area contributed by atoms with Gasteiger partial charge in [0.25, 0.3) is 0 Å². The Morgan fingerprint density at radius 2 is 2.06 bits per heavy atom. The van der Waals surface area contributed by atoms with Crippen LogP contribution in [0.4, 0.5) is 0 Å². The van der Waals surface area contributed by atoms with Gasteiger partial charge in [0, 0.05) is 24.8 Å². The van der Waals surface area contributed by atoms with Crippen molar-refractivity contribution in [2.45, 2.75) is 45.7 Å². The van der Waals surface area contributed by atoms with Crippen LogP contribution in [-0.4, -0.2) is 40.8 Å².